The number of benzene rings is 2. The molecular weight excluding hydrogens is 346 g/mol. The van der Waals surface area contributed by atoms with Gasteiger partial charge in [-0.05, 0) is 36.1 Å². The third-order valence-electron chi connectivity index (χ3n) is 5.22. The zero-order valence-corrected chi connectivity index (χ0v) is 15.6. The van der Waals surface area contributed by atoms with E-state index in [9.17, 15) is 15.0 Å². The molecule has 144 valence electrons. The zero-order chi connectivity index (χ0) is 19.4. The van der Waals surface area contributed by atoms with Crippen molar-refractivity contribution in [3.8, 4) is 11.5 Å². The number of likely N-dealkylation sites (tertiary alicyclic amines) is 1. The predicted molar refractivity (Wildman–Crippen MR) is 101 cm³/mol. The van der Waals surface area contributed by atoms with Gasteiger partial charge in [-0.2, -0.15) is 0 Å². The van der Waals surface area contributed by atoms with Crippen LogP contribution in [0.1, 0.15) is 30.0 Å². The number of aliphatic carboxylic acids is 1. The second kappa shape index (κ2) is 7.98. The van der Waals surface area contributed by atoms with Crippen molar-refractivity contribution in [1.29, 1.82) is 0 Å². The van der Waals surface area contributed by atoms with Crippen molar-refractivity contribution in [2.75, 3.05) is 27.3 Å². The molecule has 0 bridgehead atoms. The van der Waals surface area contributed by atoms with Crippen LogP contribution in [-0.2, 0) is 10.4 Å². The van der Waals surface area contributed by atoms with Crippen LogP contribution in [0.2, 0.25) is 0 Å². The molecule has 6 nitrogen and oxygen atoms in total. The van der Waals surface area contributed by atoms with Crippen LogP contribution in [0.3, 0.4) is 0 Å². The van der Waals surface area contributed by atoms with Gasteiger partial charge in [-0.1, -0.05) is 30.3 Å². The number of nitrogens with zero attached hydrogens (tertiary/aromatic N) is 1. The summed E-state index contributed by atoms with van der Waals surface area (Å²) >= 11 is 0. The monoisotopic (exact) mass is 371 g/mol. The fourth-order valence-electron chi connectivity index (χ4n) is 3.69. The molecule has 1 heterocycles. The van der Waals surface area contributed by atoms with Crippen molar-refractivity contribution in [1.82, 2.24) is 4.90 Å². The summed E-state index contributed by atoms with van der Waals surface area (Å²) in [7, 11) is 3.07. The Morgan fingerprint density at radius 1 is 1.04 bits per heavy atom. The number of aliphatic hydroxyl groups is 1. The Labute approximate surface area is 159 Å². The molecule has 2 aromatic carbocycles. The number of piperidine rings is 1. The Balaban J connectivity index is 1.83. The molecule has 2 N–H and O–H groups in total. The van der Waals surface area contributed by atoms with Crippen molar-refractivity contribution >= 4 is 5.97 Å². The number of carboxylic acid groups (broad SMARTS) is 1. The Hall–Kier alpha value is -2.57. The van der Waals surface area contributed by atoms with Crippen LogP contribution in [-0.4, -0.2) is 48.4 Å². The highest BCUT2D eigenvalue weighted by Gasteiger charge is 2.38. The van der Waals surface area contributed by atoms with E-state index in [0.717, 1.165) is 5.56 Å². The molecule has 1 unspecified atom stereocenters. The second-order valence-corrected chi connectivity index (χ2v) is 6.82. The minimum absolute atomic E-state index is 0.474. The lowest BCUT2D eigenvalue weighted by Gasteiger charge is -2.41. The van der Waals surface area contributed by atoms with Crippen molar-refractivity contribution in [2.45, 2.75) is 24.5 Å². The Morgan fingerprint density at radius 2 is 1.59 bits per heavy atom. The summed E-state index contributed by atoms with van der Waals surface area (Å²) in [4.78, 5) is 13.9. The van der Waals surface area contributed by atoms with E-state index in [1.165, 1.54) is 14.2 Å². The van der Waals surface area contributed by atoms with E-state index in [1.54, 1.807) is 18.2 Å². The van der Waals surface area contributed by atoms with Gasteiger partial charge in [-0.3, -0.25) is 9.69 Å². The lowest BCUT2D eigenvalue weighted by molar-refractivity contribution is -0.146. The number of ether oxygens (including phenoxy) is 2. The standard InChI is InChI=1S/C21H25NO5/c1-26-17-12-15(13-18(14-17)27-2)19(20(23)24)22-10-8-21(25,9-11-22)16-6-4-3-5-7-16/h3-7,12-14,19,25H,8-11H2,1-2H3,(H,23,24). The summed E-state index contributed by atoms with van der Waals surface area (Å²) in [5.74, 6) is 0.164. The van der Waals surface area contributed by atoms with Gasteiger partial charge in [0.05, 0.1) is 19.8 Å². The summed E-state index contributed by atoms with van der Waals surface area (Å²) < 4.78 is 10.5. The van der Waals surface area contributed by atoms with Crippen LogP contribution in [0.4, 0.5) is 0 Å². The van der Waals surface area contributed by atoms with Gasteiger partial charge < -0.3 is 19.7 Å². The maximum Gasteiger partial charge on any atom is 0.325 e. The molecule has 1 aliphatic heterocycles. The maximum absolute atomic E-state index is 12.0. The highest BCUT2D eigenvalue weighted by atomic mass is 16.5. The smallest absolute Gasteiger partial charge is 0.325 e. The predicted octanol–water partition coefficient (Wildman–Crippen LogP) is 2.81. The minimum atomic E-state index is -0.935. The van der Waals surface area contributed by atoms with Gasteiger partial charge in [0, 0.05) is 19.2 Å². The van der Waals surface area contributed by atoms with Crippen LogP contribution >= 0.6 is 0 Å². The summed E-state index contributed by atoms with van der Waals surface area (Å²) in [6.45, 7) is 0.948. The van der Waals surface area contributed by atoms with Crippen molar-refractivity contribution in [3.05, 3.63) is 59.7 Å². The molecule has 1 fully saturated rings. The molecule has 3 rings (SSSR count). The van der Waals surface area contributed by atoms with E-state index in [0.29, 0.717) is 43.0 Å². The van der Waals surface area contributed by atoms with Crippen LogP contribution < -0.4 is 9.47 Å². The van der Waals surface area contributed by atoms with E-state index in [1.807, 2.05) is 35.2 Å². The molecule has 0 aliphatic carbocycles. The number of carbonyl (C=O) groups is 1. The molecule has 27 heavy (non-hydrogen) atoms. The number of carboxylic acids is 1. The number of rotatable bonds is 6. The Bertz CT molecular complexity index is 762. The third-order valence-corrected chi connectivity index (χ3v) is 5.22. The quantitative estimate of drug-likeness (QED) is 0.813. The molecule has 2 aromatic rings. The fourth-order valence-corrected chi connectivity index (χ4v) is 3.69. The topological polar surface area (TPSA) is 79.2 Å². The fraction of sp³-hybridized carbons (Fsp3) is 0.381. The average Bonchev–Trinajstić information content (AvgIpc) is 2.70. The van der Waals surface area contributed by atoms with Crippen LogP contribution in [0.25, 0.3) is 0 Å². The normalized spacial score (nSPS) is 17.9. The average molecular weight is 371 g/mol. The first-order valence-electron chi connectivity index (χ1n) is 8.94. The molecule has 1 saturated heterocycles. The van der Waals surface area contributed by atoms with Gasteiger partial charge in [-0.25, -0.2) is 0 Å². The highest BCUT2D eigenvalue weighted by Crippen LogP contribution is 2.37. The van der Waals surface area contributed by atoms with Crippen molar-refractivity contribution in [2.24, 2.45) is 0 Å². The van der Waals surface area contributed by atoms with Crippen LogP contribution in [0.5, 0.6) is 11.5 Å². The van der Waals surface area contributed by atoms with Gasteiger partial charge in [0.2, 0.25) is 0 Å². The van der Waals surface area contributed by atoms with E-state index in [2.05, 4.69) is 0 Å². The summed E-state index contributed by atoms with van der Waals surface area (Å²) in [6.07, 6.45) is 0.948. The van der Waals surface area contributed by atoms with Crippen molar-refractivity contribution in [3.63, 3.8) is 0 Å². The van der Waals surface area contributed by atoms with E-state index >= 15 is 0 Å². The Kier molecular flexibility index (Phi) is 5.68. The van der Waals surface area contributed by atoms with Gasteiger partial charge >= 0.3 is 5.97 Å². The molecule has 0 radical (unpaired) electrons. The summed E-state index contributed by atoms with van der Waals surface area (Å²) in [5, 5.41) is 20.9. The maximum atomic E-state index is 12.0. The van der Waals surface area contributed by atoms with Gasteiger partial charge in [0.1, 0.15) is 17.5 Å². The first kappa shape index (κ1) is 19.2. The molecule has 1 aliphatic rings. The number of hydrogen-bond acceptors (Lipinski definition) is 5. The number of methoxy groups -OCH3 is 2. The number of hydrogen-bond donors (Lipinski definition) is 2. The minimum Gasteiger partial charge on any atom is -0.497 e. The second-order valence-electron chi connectivity index (χ2n) is 6.82. The lowest BCUT2D eigenvalue weighted by atomic mass is 9.83. The van der Waals surface area contributed by atoms with Gasteiger partial charge in [0.25, 0.3) is 0 Å². The first-order chi connectivity index (χ1) is 13.0. The molecule has 0 saturated carbocycles. The Morgan fingerprint density at radius 3 is 2.07 bits per heavy atom. The molecule has 1 atom stereocenters. The van der Waals surface area contributed by atoms with E-state index in [-0.39, 0.29) is 0 Å². The van der Waals surface area contributed by atoms with E-state index in [4.69, 9.17) is 9.47 Å². The molecule has 0 spiro atoms. The molecule has 6 heteroatoms. The van der Waals surface area contributed by atoms with E-state index < -0.39 is 17.6 Å². The van der Waals surface area contributed by atoms with Crippen molar-refractivity contribution < 1.29 is 24.5 Å². The largest absolute Gasteiger partial charge is 0.497 e. The lowest BCUT2D eigenvalue weighted by Crippen LogP contribution is -2.45. The summed E-state index contributed by atoms with van der Waals surface area (Å²) in [6, 6.07) is 13.9. The third kappa shape index (κ3) is 4.07. The molecule has 0 aromatic heterocycles. The van der Waals surface area contributed by atoms with Gasteiger partial charge in [-0.15, -0.1) is 0 Å². The first-order valence-corrected chi connectivity index (χ1v) is 8.94. The summed E-state index contributed by atoms with van der Waals surface area (Å²) in [5.41, 5.74) is 0.552. The highest BCUT2D eigenvalue weighted by molar-refractivity contribution is 5.76. The molecule has 0 amide bonds. The molecular formula is C21H25NO5. The SMILES string of the molecule is COc1cc(OC)cc(C(C(=O)O)N2CCC(O)(c3ccccc3)CC2)c1. The van der Waals surface area contributed by atoms with Crippen LogP contribution in [0, 0.1) is 0 Å². The van der Waals surface area contributed by atoms with Crippen LogP contribution in [0.15, 0.2) is 48.5 Å². The van der Waals surface area contributed by atoms with Gasteiger partial charge in [0.15, 0.2) is 0 Å². The zero-order valence-electron chi connectivity index (χ0n) is 15.6.